The zero-order chi connectivity index (χ0) is 7.82. The van der Waals surface area contributed by atoms with Crippen molar-refractivity contribution < 1.29 is 4.79 Å². The maximum Gasteiger partial charge on any atom is 0.141 e. The van der Waals surface area contributed by atoms with Crippen LogP contribution in [-0.4, -0.2) is 18.5 Å². The molecule has 0 saturated carbocycles. The van der Waals surface area contributed by atoms with E-state index in [-0.39, 0.29) is 0 Å². The Hall–Kier alpha value is -0.660. The summed E-state index contributed by atoms with van der Waals surface area (Å²) in [7, 11) is 0. The molecule has 10 heavy (non-hydrogen) atoms. The summed E-state index contributed by atoms with van der Waals surface area (Å²) in [5.74, 6) is 0. The van der Waals surface area contributed by atoms with Gasteiger partial charge in [-0.15, -0.1) is 0 Å². The van der Waals surface area contributed by atoms with Crippen molar-refractivity contribution in [3.05, 3.63) is 0 Å². The van der Waals surface area contributed by atoms with E-state index in [4.69, 9.17) is 0 Å². The number of nitrogens with zero attached hydrogens (tertiary/aromatic N) is 1. The highest BCUT2D eigenvalue weighted by atomic mass is 16.1. The van der Waals surface area contributed by atoms with Crippen LogP contribution in [0.1, 0.15) is 33.1 Å². The van der Waals surface area contributed by atoms with Crippen molar-refractivity contribution in [3.8, 4) is 0 Å². The van der Waals surface area contributed by atoms with Gasteiger partial charge in [0.05, 0.1) is 6.54 Å². The molecule has 0 saturated heterocycles. The van der Waals surface area contributed by atoms with Gasteiger partial charge in [0.25, 0.3) is 0 Å². The van der Waals surface area contributed by atoms with E-state index in [1.54, 1.807) is 0 Å². The van der Waals surface area contributed by atoms with Gasteiger partial charge < -0.3 is 4.79 Å². The van der Waals surface area contributed by atoms with Gasteiger partial charge in [-0.2, -0.15) is 0 Å². The molecule has 0 aromatic rings. The molecule has 0 aromatic heterocycles. The third-order valence-corrected chi connectivity index (χ3v) is 1.34. The molecule has 2 nitrogen and oxygen atoms in total. The van der Waals surface area contributed by atoms with Crippen molar-refractivity contribution in [1.29, 1.82) is 0 Å². The summed E-state index contributed by atoms with van der Waals surface area (Å²) in [5, 5.41) is 0. The molecule has 0 fully saturated rings. The topological polar surface area (TPSA) is 29.4 Å². The van der Waals surface area contributed by atoms with Gasteiger partial charge in [-0.05, 0) is 12.8 Å². The van der Waals surface area contributed by atoms with Gasteiger partial charge in [-0.3, -0.25) is 4.99 Å². The number of hydrogen-bond donors (Lipinski definition) is 0. The minimum Gasteiger partial charge on any atom is -0.301 e. The Morgan fingerprint density at radius 1 is 1.50 bits per heavy atom. The molecule has 2 heteroatoms. The molecule has 0 aliphatic heterocycles. The Kier molecular flexibility index (Phi) is 6.03. The Balaban J connectivity index is 3.65. The lowest BCUT2D eigenvalue weighted by Crippen LogP contribution is -1.97. The fourth-order valence-corrected chi connectivity index (χ4v) is 0.823. The van der Waals surface area contributed by atoms with Gasteiger partial charge in [0, 0.05) is 5.71 Å². The summed E-state index contributed by atoms with van der Waals surface area (Å²) in [6.07, 6.45) is 3.96. The molecule has 0 aliphatic rings. The first-order valence-corrected chi connectivity index (χ1v) is 3.81. The van der Waals surface area contributed by atoms with Crippen molar-refractivity contribution in [3.63, 3.8) is 0 Å². The van der Waals surface area contributed by atoms with Gasteiger partial charge in [-0.1, -0.05) is 20.3 Å². The maximum absolute atomic E-state index is 9.92. The van der Waals surface area contributed by atoms with E-state index in [0.717, 1.165) is 31.3 Å². The van der Waals surface area contributed by atoms with Crippen LogP contribution in [-0.2, 0) is 4.79 Å². The molecular weight excluding hydrogens is 126 g/mol. The van der Waals surface area contributed by atoms with E-state index in [1.807, 2.05) is 0 Å². The molecule has 0 aliphatic carbocycles. The molecule has 0 heterocycles. The summed E-state index contributed by atoms with van der Waals surface area (Å²) < 4.78 is 0. The third kappa shape index (κ3) is 4.24. The van der Waals surface area contributed by atoms with E-state index in [2.05, 4.69) is 18.8 Å². The predicted octanol–water partition coefficient (Wildman–Crippen LogP) is 1.84. The van der Waals surface area contributed by atoms with Crippen molar-refractivity contribution in [1.82, 2.24) is 0 Å². The molecule has 0 amide bonds. The normalized spacial score (nSPS) is 11.6. The smallest absolute Gasteiger partial charge is 0.141 e. The zero-order valence-corrected chi connectivity index (χ0v) is 6.76. The number of hydrogen-bond acceptors (Lipinski definition) is 2. The van der Waals surface area contributed by atoms with Crippen LogP contribution in [0.5, 0.6) is 0 Å². The molecule has 0 N–H and O–H groups in total. The number of rotatable bonds is 5. The van der Waals surface area contributed by atoms with Gasteiger partial charge in [0.1, 0.15) is 6.29 Å². The van der Waals surface area contributed by atoms with Crippen LogP contribution in [0.3, 0.4) is 0 Å². The SMILES string of the molecule is CCCC(CC)=NCC=O. The van der Waals surface area contributed by atoms with Crippen LogP contribution in [0.25, 0.3) is 0 Å². The Morgan fingerprint density at radius 3 is 2.60 bits per heavy atom. The van der Waals surface area contributed by atoms with Crippen LogP contribution in [0.2, 0.25) is 0 Å². The quantitative estimate of drug-likeness (QED) is 0.424. The fraction of sp³-hybridized carbons (Fsp3) is 0.750. The molecule has 0 radical (unpaired) electrons. The van der Waals surface area contributed by atoms with Gasteiger partial charge in [0.15, 0.2) is 0 Å². The number of aliphatic imine (C=N–C) groups is 1. The van der Waals surface area contributed by atoms with Crippen LogP contribution in [0, 0.1) is 0 Å². The molecular formula is C8H15NO. The third-order valence-electron chi connectivity index (χ3n) is 1.34. The summed E-state index contributed by atoms with van der Waals surface area (Å²) in [6, 6.07) is 0. The molecule has 0 bridgehead atoms. The largest absolute Gasteiger partial charge is 0.301 e. The molecule has 0 spiro atoms. The molecule has 0 rings (SSSR count). The second kappa shape index (κ2) is 6.46. The zero-order valence-electron chi connectivity index (χ0n) is 6.76. The van der Waals surface area contributed by atoms with Crippen molar-refractivity contribution in [2.75, 3.05) is 6.54 Å². The van der Waals surface area contributed by atoms with Crippen LogP contribution in [0.4, 0.5) is 0 Å². The Labute approximate surface area is 62.4 Å². The second-order valence-electron chi connectivity index (χ2n) is 2.18. The average molecular weight is 141 g/mol. The van der Waals surface area contributed by atoms with E-state index >= 15 is 0 Å². The highest BCUT2D eigenvalue weighted by molar-refractivity contribution is 5.85. The van der Waals surface area contributed by atoms with Crippen LogP contribution >= 0.6 is 0 Å². The monoisotopic (exact) mass is 141 g/mol. The molecule has 0 aromatic carbocycles. The lowest BCUT2D eigenvalue weighted by atomic mass is 10.2. The van der Waals surface area contributed by atoms with Crippen molar-refractivity contribution in [2.45, 2.75) is 33.1 Å². The number of carbonyl (C=O) groups excluding carboxylic acids is 1. The highest BCUT2D eigenvalue weighted by Crippen LogP contribution is 1.95. The first-order valence-electron chi connectivity index (χ1n) is 3.81. The summed E-state index contributed by atoms with van der Waals surface area (Å²) in [6.45, 7) is 4.52. The molecule has 58 valence electrons. The van der Waals surface area contributed by atoms with E-state index in [9.17, 15) is 4.79 Å². The summed E-state index contributed by atoms with van der Waals surface area (Å²) in [5.41, 5.74) is 1.16. The first-order chi connectivity index (χ1) is 4.85. The van der Waals surface area contributed by atoms with Crippen LogP contribution in [0.15, 0.2) is 4.99 Å². The number of aldehydes is 1. The minimum absolute atomic E-state index is 0.336. The van der Waals surface area contributed by atoms with Crippen LogP contribution < -0.4 is 0 Å². The summed E-state index contributed by atoms with van der Waals surface area (Å²) >= 11 is 0. The Morgan fingerprint density at radius 2 is 2.20 bits per heavy atom. The summed E-state index contributed by atoms with van der Waals surface area (Å²) in [4.78, 5) is 14.0. The first kappa shape index (κ1) is 9.34. The minimum atomic E-state index is 0.336. The molecule has 0 unspecified atom stereocenters. The maximum atomic E-state index is 9.92. The predicted molar refractivity (Wildman–Crippen MR) is 43.6 cm³/mol. The van der Waals surface area contributed by atoms with E-state index < -0.39 is 0 Å². The van der Waals surface area contributed by atoms with Crippen molar-refractivity contribution >= 4 is 12.0 Å². The van der Waals surface area contributed by atoms with E-state index in [1.165, 1.54) is 0 Å². The van der Waals surface area contributed by atoms with Crippen molar-refractivity contribution in [2.24, 2.45) is 4.99 Å². The lowest BCUT2D eigenvalue weighted by Gasteiger charge is -1.97. The average Bonchev–Trinajstić information content (AvgIpc) is 1.98. The fourth-order valence-electron chi connectivity index (χ4n) is 0.823. The van der Waals surface area contributed by atoms with Gasteiger partial charge in [0.2, 0.25) is 0 Å². The lowest BCUT2D eigenvalue weighted by molar-refractivity contribution is -0.106. The van der Waals surface area contributed by atoms with Gasteiger partial charge in [-0.25, -0.2) is 0 Å². The van der Waals surface area contributed by atoms with Gasteiger partial charge >= 0.3 is 0 Å². The standard InChI is InChI=1S/C8H15NO/c1-3-5-8(4-2)9-6-7-10/h7H,3-6H2,1-2H3. The molecule has 0 atom stereocenters. The number of carbonyl (C=O) groups is 1. The highest BCUT2D eigenvalue weighted by Gasteiger charge is 1.91. The second-order valence-corrected chi connectivity index (χ2v) is 2.18. The Bertz CT molecular complexity index is 118. The van der Waals surface area contributed by atoms with E-state index in [0.29, 0.717) is 6.54 Å².